The van der Waals surface area contributed by atoms with Crippen LogP contribution in [0.2, 0.25) is 0 Å². The van der Waals surface area contributed by atoms with Crippen LogP contribution in [0.5, 0.6) is 0 Å². The normalized spacial score (nSPS) is 11.2. The number of hydrogen-bond acceptors (Lipinski definition) is 1. The minimum atomic E-state index is -2.19. The van der Waals surface area contributed by atoms with Crippen molar-refractivity contribution in [1.29, 1.82) is 0 Å². The number of H-pyrrole nitrogens is 1. The van der Waals surface area contributed by atoms with Crippen LogP contribution in [-0.4, -0.2) is 9.97 Å². The number of imidazole rings is 1. The first-order valence-corrected chi connectivity index (χ1v) is 5.47. The van der Waals surface area contributed by atoms with Crippen LogP contribution in [-0.2, 0) is 0 Å². The molecule has 0 spiro atoms. The molecule has 0 atom stereocenters. The van der Waals surface area contributed by atoms with Gasteiger partial charge in [0.15, 0.2) is 23.3 Å². The molecule has 0 aliphatic heterocycles. The SMILES string of the molecule is Fc1c(F)c(F)c(-c2nc3ccccc3[nH]2)c(F)c1F. The van der Waals surface area contributed by atoms with Gasteiger partial charge < -0.3 is 4.98 Å². The van der Waals surface area contributed by atoms with Crippen LogP contribution in [0.4, 0.5) is 22.0 Å². The third-order valence-electron chi connectivity index (χ3n) is 2.84. The highest BCUT2D eigenvalue weighted by Gasteiger charge is 2.28. The summed E-state index contributed by atoms with van der Waals surface area (Å²) in [4.78, 5) is 6.35. The minimum absolute atomic E-state index is 0.353. The van der Waals surface area contributed by atoms with Gasteiger partial charge in [0, 0.05) is 0 Å². The van der Waals surface area contributed by atoms with Gasteiger partial charge in [-0.15, -0.1) is 0 Å². The molecule has 0 unspecified atom stereocenters. The average molecular weight is 284 g/mol. The molecule has 3 rings (SSSR count). The van der Waals surface area contributed by atoms with Crippen LogP contribution in [0.3, 0.4) is 0 Å². The summed E-state index contributed by atoms with van der Waals surface area (Å²) in [6.45, 7) is 0. The first-order valence-electron chi connectivity index (χ1n) is 5.47. The van der Waals surface area contributed by atoms with Crippen LogP contribution < -0.4 is 0 Å². The van der Waals surface area contributed by atoms with E-state index >= 15 is 0 Å². The van der Waals surface area contributed by atoms with Crippen molar-refractivity contribution in [2.24, 2.45) is 0 Å². The van der Waals surface area contributed by atoms with E-state index in [2.05, 4.69) is 9.97 Å². The summed E-state index contributed by atoms with van der Waals surface area (Å²) in [7, 11) is 0. The van der Waals surface area contributed by atoms with E-state index in [0.717, 1.165) is 0 Å². The Balaban J connectivity index is 2.34. The van der Waals surface area contributed by atoms with Gasteiger partial charge in [-0.05, 0) is 12.1 Å². The number of rotatable bonds is 1. The molecular weight excluding hydrogens is 279 g/mol. The van der Waals surface area contributed by atoms with E-state index < -0.39 is 40.5 Å². The van der Waals surface area contributed by atoms with Gasteiger partial charge in [0.1, 0.15) is 5.82 Å². The molecule has 0 bridgehead atoms. The molecule has 7 heteroatoms. The van der Waals surface area contributed by atoms with Crippen molar-refractivity contribution < 1.29 is 22.0 Å². The van der Waals surface area contributed by atoms with Crippen LogP contribution in [0.1, 0.15) is 0 Å². The fourth-order valence-corrected chi connectivity index (χ4v) is 1.88. The van der Waals surface area contributed by atoms with Crippen LogP contribution in [0.15, 0.2) is 24.3 Å². The number of para-hydroxylation sites is 2. The summed E-state index contributed by atoms with van der Waals surface area (Å²) >= 11 is 0. The summed E-state index contributed by atoms with van der Waals surface area (Å²) in [5, 5.41) is 0. The maximum atomic E-state index is 13.6. The van der Waals surface area contributed by atoms with E-state index in [-0.39, 0.29) is 0 Å². The lowest BCUT2D eigenvalue weighted by atomic mass is 10.1. The molecule has 102 valence electrons. The lowest BCUT2D eigenvalue weighted by molar-refractivity contribution is 0.381. The fraction of sp³-hybridized carbons (Fsp3) is 0. The largest absolute Gasteiger partial charge is 0.338 e. The van der Waals surface area contributed by atoms with Crippen molar-refractivity contribution in [2.75, 3.05) is 0 Å². The maximum Gasteiger partial charge on any atom is 0.200 e. The van der Waals surface area contributed by atoms with Crippen molar-refractivity contribution in [3.63, 3.8) is 0 Å². The number of benzene rings is 2. The minimum Gasteiger partial charge on any atom is -0.338 e. The lowest BCUT2D eigenvalue weighted by Crippen LogP contribution is -2.04. The second-order valence-electron chi connectivity index (χ2n) is 4.05. The predicted octanol–water partition coefficient (Wildman–Crippen LogP) is 3.93. The molecule has 0 radical (unpaired) electrons. The van der Waals surface area contributed by atoms with Crippen molar-refractivity contribution in [3.8, 4) is 11.4 Å². The van der Waals surface area contributed by atoms with Crippen LogP contribution in [0, 0.1) is 29.1 Å². The second kappa shape index (κ2) is 4.29. The molecule has 1 N–H and O–H groups in total. The number of fused-ring (bicyclic) bond motifs is 1. The smallest absolute Gasteiger partial charge is 0.200 e. The van der Waals surface area contributed by atoms with Gasteiger partial charge >= 0.3 is 0 Å². The Labute approximate surface area is 108 Å². The molecule has 3 aromatic rings. The van der Waals surface area contributed by atoms with Gasteiger partial charge in [-0.1, -0.05) is 12.1 Å². The first kappa shape index (κ1) is 12.6. The van der Waals surface area contributed by atoms with E-state index in [4.69, 9.17) is 0 Å². The lowest BCUT2D eigenvalue weighted by Gasteiger charge is -2.05. The zero-order chi connectivity index (χ0) is 14.4. The Morgan fingerprint density at radius 2 is 1.30 bits per heavy atom. The number of aromatic nitrogens is 2. The molecular formula is C13H5F5N2. The highest BCUT2D eigenvalue weighted by molar-refractivity contribution is 5.79. The van der Waals surface area contributed by atoms with Gasteiger partial charge in [-0.2, -0.15) is 0 Å². The zero-order valence-corrected chi connectivity index (χ0v) is 9.65. The van der Waals surface area contributed by atoms with Gasteiger partial charge in [0.2, 0.25) is 5.82 Å². The Bertz CT molecular complexity index is 763. The second-order valence-corrected chi connectivity index (χ2v) is 4.05. The molecule has 0 aliphatic rings. The number of nitrogens with one attached hydrogen (secondary N) is 1. The quantitative estimate of drug-likeness (QED) is 0.409. The van der Waals surface area contributed by atoms with Gasteiger partial charge in [0.25, 0.3) is 0 Å². The Morgan fingerprint density at radius 3 is 1.90 bits per heavy atom. The Kier molecular flexibility index (Phi) is 2.70. The molecule has 0 saturated carbocycles. The molecule has 0 fully saturated rings. The summed E-state index contributed by atoms with van der Waals surface area (Å²) in [5.41, 5.74) is -0.296. The summed E-state index contributed by atoms with van der Waals surface area (Å²) in [6, 6.07) is 6.38. The van der Waals surface area contributed by atoms with Gasteiger partial charge in [0.05, 0.1) is 16.6 Å². The van der Waals surface area contributed by atoms with Crippen LogP contribution in [0.25, 0.3) is 22.4 Å². The number of nitrogens with zero attached hydrogens (tertiary/aromatic N) is 1. The predicted molar refractivity (Wildman–Crippen MR) is 61.3 cm³/mol. The summed E-state index contributed by atoms with van der Waals surface area (Å²) in [5.74, 6) is -10.4. The van der Waals surface area contributed by atoms with Crippen LogP contribution >= 0.6 is 0 Å². The molecule has 0 saturated heterocycles. The maximum absolute atomic E-state index is 13.6. The van der Waals surface area contributed by atoms with Crippen molar-refractivity contribution in [3.05, 3.63) is 53.4 Å². The van der Waals surface area contributed by atoms with Crippen molar-refractivity contribution >= 4 is 11.0 Å². The van der Waals surface area contributed by atoms with Crippen molar-refractivity contribution in [2.45, 2.75) is 0 Å². The molecule has 2 aromatic carbocycles. The Hall–Kier alpha value is -2.44. The molecule has 0 amide bonds. The third kappa shape index (κ3) is 1.66. The van der Waals surface area contributed by atoms with Gasteiger partial charge in [-0.25, -0.2) is 26.9 Å². The number of halogens is 5. The van der Waals surface area contributed by atoms with E-state index in [0.29, 0.717) is 11.0 Å². The highest BCUT2D eigenvalue weighted by Crippen LogP contribution is 2.30. The topological polar surface area (TPSA) is 28.7 Å². The highest BCUT2D eigenvalue weighted by atomic mass is 19.2. The molecule has 1 heterocycles. The molecule has 20 heavy (non-hydrogen) atoms. The summed E-state index contributed by atoms with van der Waals surface area (Å²) in [6.07, 6.45) is 0. The third-order valence-corrected chi connectivity index (χ3v) is 2.84. The summed E-state index contributed by atoms with van der Waals surface area (Å²) < 4.78 is 66.5. The molecule has 1 aromatic heterocycles. The number of hydrogen-bond donors (Lipinski definition) is 1. The van der Waals surface area contributed by atoms with E-state index in [1.165, 1.54) is 0 Å². The molecule has 0 aliphatic carbocycles. The molecule has 2 nitrogen and oxygen atoms in total. The Morgan fingerprint density at radius 1 is 0.750 bits per heavy atom. The number of aromatic amines is 1. The van der Waals surface area contributed by atoms with E-state index in [9.17, 15) is 22.0 Å². The average Bonchev–Trinajstić information content (AvgIpc) is 2.86. The zero-order valence-electron chi connectivity index (χ0n) is 9.65. The van der Waals surface area contributed by atoms with E-state index in [1.54, 1.807) is 24.3 Å². The standard InChI is InChI=1S/C13H5F5N2/c14-8-7(9(15)11(17)12(18)10(8)16)13-19-5-3-1-2-4-6(5)20-13/h1-4H,(H,19,20). The monoisotopic (exact) mass is 284 g/mol. The first-order chi connectivity index (χ1) is 9.50. The van der Waals surface area contributed by atoms with Crippen molar-refractivity contribution in [1.82, 2.24) is 9.97 Å². The van der Waals surface area contributed by atoms with Gasteiger partial charge in [-0.3, -0.25) is 0 Å². The fourth-order valence-electron chi connectivity index (χ4n) is 1.88. The van der Waals surface area contributed by atoms with E-state index in [1.807, 2.05) is 0 Å².